The molecule has 0 heterocycles. The van der Waals surface area contributed by atoms with E-state index in [2.05, 4.69) is 0 Å². The number of carboxylic acids is 1. The maximum atomic E-state index is 10.7. The van der Waals surface area contributed by atoms with E-state index in [1.54, 1.807) is 6.07 Å². The van der Waals surface area contributed by atoms with Gasteiger partial charge in [0, 0.05) is 6.04 Å². The fraction of sp³-hybridized carbons (Fsp3) is 0.235. The highest BCUT2D eigenvalue weighted by atomic mass is 16.5. The third-order valence-electron chi connectivity index (χ3n) is 3.31. The van der Waals surface area contributed by atoms with Crippen LogP contribution < -0.4 is 10.5 Å². The molecule has 1 atom stereocenters. The van der Waals surface area contributed by atoms with Crippen LogP contribution in [-0.4, -0.2) is 11.1 Å². The summed E-state index contributed by atoms with van der Waals surface area (Å²) >= 11 is 0. The molecule has 0 radical (unpaired) electrons. The van der Waals surface area contributed by atoms with E-state index in [0.29, 0.717) is 5.75 Å². The fourth-order valence-electron chi connectivity index (χ4n) is 2.19. The summed E-state index contributed by atoms with van der Waals surface area (Å²) in [7, 11) is 0. The first kappa shape index (κ1) is 15.1. The third-order valence-corrected chi connectivity index (χ3v) is 3.31. The number of nitrogens with two attached hydrogens (primary N) is 1. The van der Waals surface area contributed by atoms with Crippen LogP contribution in [0.2, 0.25) is 0 Å². The average Bonchev–Trinajstić information content (AvgIpc) is 2.43. The molecular weight excluding hydrogens is 266 g/mol. The van der Waals surface area contributed by atoms with Crippen LogP contribution in [0.4, 0.5) is 0 Å². The summed E-state index contributed by atoms with van der Waals surface area (Å²) in [6.45, 7) is 3.98. The first-order chi connectivity index (χ1) is 9.97. The lowest BCUT2D eigenvalue weighted by molar-refractivity contribution is -0.137. The minimum Gasteiger partial charge on any atom is -0.481 e. The number of carboxylic acid groups (broad SMARTS) is 1. The van der Waals surface area contributed by atoms with E-state index >= 15 is 0 Å². The van der Waals surface area contributed by atoms with Crippen LogP contribution >= 0.6 is 0 Å². The van der Waals surface area contributed by atoms with Crippen LogP contribution in [0, 0.1) is 13.8 Å². The average molecular weight is 285 g/mol. The Kier molecular flexibility index (Phi) is 4.60. The summed E-state index contributed by atoms with van der Waals surface area (Å²) in [5.41, 5.74) is 8.73. The quantitative estimate of drug-likeness (QED) is 0.880. The maximum Gasteiger partial charge on any atom is 0.305 e. The molecule has 0 aromatic heterocycles. The lowest BCUT2D eigenvalue weighted by atomic mass is 10.0. The molecule has 0 aliphatic carbocycles. The summed E-state index contributed by atoms with van der Waals surface area (Å²) < 4.78 is 5.93. The molecule has 0 saturated heterocycles. The summed E-state index contributed by atoms with van der Waals surface area (Å²) in [5, 5.41) is 8.81. The van der Waals surface area contributed by atoms with Crippen LogP contribution in [0.1, 0.15) is 29.2 Å². The minimum atomic E-state index is -0.913. The number of carbonyl (C=O) groups is 1. The van der Waals surface area contributed by atoms with Gasteiger partial charge in [0.15, 0.2) is 0 Å². The number of benzene rings is 2. The Hall–Kier alpha value is -2.33. The van der Waals surface area contributed by atoms with Gasteiger partial charge in [-0.1, -0.05) is 30.3 Å². The number of ether oxygens (including phenoxy) is 1. The maximum absolute atomic E-state index is 10.7. The Morgan fingerprint density at radius 3 is 2.43 bits per heavy atom. The van der Waals surface area contributed by atoms with Gasteiger partial charge in [-0.2, -0.15) is 0 Å². The molecule has 2 aromatic rings. The molecule has 0 aliphatic rings. The van der Waals surface area contributed by atoms with E-state index < -0.39 is 12.0 Å². The van der Waals surface area contributed by atoms with Crippen molar-refractivity contribution < 1.29 is 14.6 Å². The zero-order chi connectivity index (χ0) is 15.4. The van der Waals surface area contributed by atoms with Gasteiger partial charge in [-0.05, 0) is 42.7 Å². The van der Waals surface area contributed by atoms with Crippen molar-refractivity contribution in [3.05, 3.63) is 59.2 Å². The van der Waals surface area contributed by atoms with Crippen molar-refractivity contribution in [2.24, 2.45) is 5.73 Å². The number of aryl methyl sites for hydroxylation is 2. The molecule has 4 nitrogen and oxygen atoms in total. The van der Waals surface area contributed by atoms with Crippen molar-refractivity contribution in [3.63, 3.8) is 0 Å². The Labute approximate surface area is 124 Å². The fourth-order valence-corrected chi connectivity index (χ4v) is 2.19. The van der Waals surface area contributed by atoms with Crippen molar-refractivity contribution in [2.75, 3.05) is 0 Å². The van der Waals surface area contributed by atoms with Crippen molar-refractivity contribution in [1.82, 2.24) is 0 Å². The highest BCUT2D eigenvalue weighted by Gasteiger charge is 2.12. The zero-order valence-electron chi connectivity index (χ0n) is 12.2. The lowest BCUT2D eigenvalue weighted by Crippen LogP contribution is -2.14. The third kappa shape index (κ3) is 3.83. The van der Waals surface area contributed by atoms with E-state index in [-0.39, 0.29) is 6.42 Å². The number of aliphatic carboxylic acids is 1. The normalized spacial score (nSPS) is 12.0. The Bertz CT molecular complexity index is 632. The number of hydrogen-bond donors (Lipinski definition) is 2. The molecular formula is C17H19NO3. The van der Waals surface area contributed by atoms with Crippen molar-refractivity contribution >= 4 is 5.97 Å². The molecule has 1 unspecified atom stereocenters. The summed E-state index contributed by atoms with van der Waals surface area (Å²) in [6, 6.07) is 12.7. The molecule has 2 aromatic carbocycles. The standard InChI is InChI=1S/C17H19NO3/c1-11-5-3-6-12(2)17(11)21-14-8-4-7-13(9-14)15(18)10-16(19)20/h3-9,15H,10,18H2,1-2H3,(H,19,20). The van der Waals surface area contributed by atoms with Gasteiger partial charge in [0.25, 0.3) is 0 Å². The summed E-state index contributed by atoms with van der Waals surface area (Å²) in [5.74, 6) is 0.566. The lowest BCUT2D eigenvalue weighted by Gasteiger charge is -2.14. The minimum absolute atomic E-state index is 0.104. The van der Waals surface area contributed by atoms with Crippen molar-refractivity contribution in [3.8, 4) is 11.5 Å². The topological polar surface area (TPSA) is 72.5 Å². The van der Waals surface area contributed by atoms with Gasteiger partial charge < -0.3 is 15.6 Å². The molecule has 0 fully saturated rings. The number of para-hydroxylation sites is 1. The van der Waals surface area contributed by atoms with Gasteiger partial charge in [-0.3, -0.25) is 4.79 Å². The SMILES string of the molecule is Cc1cccc(C)c1Oc1cccc(C(N)CC(=O)O)c1. The van der Waals surface area contributed by atoms with Crippen LogP contribution in [0.5, 0.6) is 11.5 Å². The Morgan fingerprint density at radius 1 is 1.19 bits per heavy atom. The van der Waals surface area contributed by atoms with E-state index in [0.717, 1.165) is 22.4 Å². The van der Waals surface area contributed by atoms with Gasteiger partial charge in [0.05, 0.1) is 6.42 Å². The Morgan fingerprint density at radius 2 is 1.81 bits per heavy atom. The molecule has 110 valence electrons. The van der Waals surface area contributed by atoms with Crippen LogP contribution in [0.25, 0.3) is 0 Å². The molecule has 3 N–H and O–H groups in total. The largest absolute Gasteiger partial charge is 0.481 e. The van der Waals surface area contributed by atoms with Gasteiger partial charge in [-0.25, -0.2) is 0 Å². The molecule has 0 bridgehead atoms. The molecule has 0 aliphatic heterocycles. The van der Waals surface area contributed by atoms with E-state index in [9.17, 15) is 4.79 Å². The second kappa shape index (κ2) is 6.41. The van der Waals surface area contributed by atoms with Crippen LogP contribution in [0.3, 0.4) is 0 Å². The summed E-state index contributed by atoms with van der Waals surface area (Å²) in [6.07, 6.45) is -0.104. The van der Waals surface area contributed by atoms with E-state index in [4.69, 9.17) is 15.6 Å². The Balaban J connectivity index is 2.24. The van der Waals surface area contributed by atoms with E-state index in [1.807, 2.05) is 50.2 Å². The van der Waals surface area contributed by atoms with Gasteiger partial charge in [0.1, 0.15) is 11.5 Å². The van der Waals surface area contributed by atoms with Gasteiger partial charge in [0.2, 0.25) is 0 Å². The highest BCUT2D eigenvalue weighted by Crippen LogP contribution is 2.30. The second-order valence-corrected chi connectivity index (χ2v) is 5.10. The smallest absolute Gasteiger partial charge is 0.305 e. The second-order valence-electron chi connectivity index (χ2n) is 5.10. The molecule has 21 heavy (non-hydrogen) atoms. The molecule has 4 heteroatoms. The first-order valence-corrected chi connectivity index (χ1v) is 6.79. The zero-order valence-corrected chi connectivity index (χ0v) is 12.2. The van der Waals surface area contributed by atoms with Crippen molar-refractivity contribution in [1.29, 1.82) is 0 Å². The van der Waals surface area contributed by atoms with Gasteiger partial charge >= 0.3 is 5.97 Å². The van der Waals surface area contributed by atoms with Gasteiger partial charge in [-0.15, -0.1) is 0 Å². The molecule has 0 saturated carbocycles. The number of hydrogen-bond acceptors (Lipinski definition) is 3. The molecule has 0 amide bonds. The number of rotatable bonds is 5. The first-order valence-electron chi connectivity index (χ1n) is 6.79. The monoisotopic (exact) mass is 285 g/mol. The van der Waals surface area contributed by atoms with Crippen LogP contribution in [0.15, 0.2) is 42.5 Å². The van der Waals surface area contributed by atoms with Crippen LogP contribution in [-0.2, 0) is 4.79 Å². The highest BCUT2D eigenvalue weighted by molar-refractivity contribution is 5.68. The summed E-state index contributed by atoms with van der Waals surface area (Å²) in [4.78, 5) is 10.7. The molecule has 0 spiro atoms. The molecule has 2 rings (SSSR count). The predicted octanol–water partition coefficient (Wildman–Crippen LogP) is 3.57. The van der Waals surface area contributed by atoms with E-state index in [1.165, 1.54) is 0 Å². The van der Waals surface area contributed by atoms with Crippen molar-refractivity contribution in [2.45, 2.75) is 26.3 Å². The predicted molar refractivity (Wildman–Crippen MR) is 81.6 cm³/mol.